The minimum absolute atomic E-state index is 0.198. The lowest BCUT2D eigenvalue weighted by Gasteiger charge is -2.13. The summed E-state index contributed by atoms with van der Waals surface area (Å²) in [5, 5.41) is 2.69. The number of amides is 1. The molecule has 2 aromatic carbocycles. The van der Waals surface area contributed by atoms with Crippen molar-refractivity contribution in [3.05, 3.63) is 71.5 Å². The summed E-state index contributed by atoms with van der Waals surface area (Å²) in [7, 11) is 0. The third-order valence-corrected chi connectivity index (χ3v) is 3.04. The summed E-state index contributed by atoms with van der Waals surface area (Å²) in [4.78, 5) is 23.7. The largest absolute Gasteiger partial charge is 0.449 e. The number of halogens is 1. The third kappa shape index (κ3) is 4.41. The molecule has 1 atom stereocenters. The van der Waals surface area contributed by atoms with Crippen molar-refractivity contribution in [3.63, 3.8) is 0 Å². The predicted octanol–water partition coefficient (Wildman–Crippen LogP) is 2.69. The minimum atomic E-state index is -0.929. The van der Waals surface area contributed by atoms with E-state index in [1.54, 1.807) is 0 Å². The Bertz CT molecular complexity index is 641. The van der Waals surface area contributed by atoms with Gasteiger partial charge in [0, 0.05) is 6.54 Å². The number of nitrogens with one attached hydrogen (secondary N) is 1. The van der Waals surface area contributed by atoms with Gasteiger partial charge in [0.15, 0.2) is 6.10 Å². The first-order chi connectivity index (χ1) is 10.6. The second kappa shape index (κ2) is 7.36. The van der Waals surface area contributed by atoms with Crippen LogP contribution in [0.15, 0.2) is 54.6 Å². The van der Waals surface area contributed by atoms with Crippen LogP contribution in [0.4, 0.5) is 4.39 Å². The van der Waals surface area contributed by atoms with E-state index >= 15 is 0 Å². The van der Waals surface area contributed by atoms with Gasteiger partial charge in [-0.2, -0.15) is 0 Å². The van der Waals surface area contributed by atoms with E-state index in [4.69, 9.17) is 4.74 Å². The summed E-state index contributed by atoms with van der Waals surface area (Å²) in [5.41, 5.74) is 1.15. The standard InChI is InChI=1S/C17H16FNO3/c1-12(16(20)19-11-13-5-3-2-4-6-13)22-17(21)14-7-9-15(18)10-8-14/h2-10,12H,11H2,1H3,(H,19,20). The molecule has 0 fully saturated rings. The lowest BCUT2D eigenvalue weighted by molar-refractivity contribution is -0.129. The van der Waals surface area contributed by atoms with Crippen LogP contribution in [0, 0.1) is 5.82 Å². The van der Waals surface area contributed by atoms with Crippen LogP contribution in [-0.4, -0.2) is 18.0 Å². The van der Waals surface area contributed by atoms with E-state index in [-0.39, 0.29) is 11.5 Å². The number of hydrogen-bond donors (Lipinski definition) is 1. The Kier molecular flexibility index (Phi) is 5.25. The summed E-state index contributed by atoms with van der Waals surface area (Å²) < 4.78 is 17.8. The molecule has 2 aromatic rings. The fraction of sp³-hybridized carbons (Fsp3) is 0.176. The van der Waals surface area contributed by atoms with Gasteiger partial charge in [0.1, 0.15) is 5.82 Å². The lowest BCUT2D eigenvalue weighted by Crippen LogP contribution is -2.35. The highest BCUT2D eigenvalue weighted by Crippen LogP contribution is 2.06. The van der Waals surface area contributed by atoms with E-state index < -0.39 is 17.9 Å². The van der Waals surface area contributed by atoms with Crippen LogP contribution in [0.1, 0.15) is 22.8 Å². The molecule has 22 heavy (non-hydrogen) atoms. The number of carbonyl (C=O) groups is 2. The predicted molar refractivity (Wildman–Crippen MR) is 79.6 cm³/mol. The van der Waals surface area contributed by atoms with Crippen molar-refractivity contribution in [2.75, 3.05) is 0 Å². The Morgan fingerprint density at radius 3 is 2.36 bits per heavy atom. The van der Waals surface area contributed by atoms with Crippen molar-refractivity contribution < 1.29 is 18.7 Å². The Morgan fingerprint density at radius 1 is 1.09 bits per heavy atom. The topological polar surface area (TPSA) is 55.4 Å². The monoisotopic (exact) mass is 301 g/mol. The molecule has 0 radical (unpaired) electrons. The second-order valence-electron chi connectivity index (χ2n) is 4.76. The molecule has 4 nitrogen and oxygen atoms in total. The van der Waals surface area contributed by atoms with Gasteiger partial charge in [0.25, 0.3) is 5.91 Å². The Balaban J connectivity index is 1.85. The van der Waals surface area contributed by atoms with E-state index in [1.165, 1.54) is 19.1 Å². The van der Waals surface area contributed by atoms with Crippen molar-refractivity contribution in [1.82, 2.24) is 5.32 Å². The Hall–Kier alpha value is -2.69. The number of hydrogen-bond acceptors (Lipinski definition) is 3. The van der Waals surface area contributed by atoms with Gasteiger partial charge < -0.3 is 10.1 Å². The van der Waals surface area contributed by atoms with Crippen LogP contribution in [0.2, 0.25) is 0 Å². The number of benzene rings is 2. The molecule has 0 aromatic heterocycles. The van der Waals surface area contributed by atoms with Crippen LogP contribution < -0.4 is 5.32 Å². The van der Waals surface area contributed by atoms with Gasteiger partial charge in [-0.1, -0.05) is 30.3 Å². The smallest absolute Gasteiger partial charge is 0.338 e. The average Bonchev–Trinajstić information content (AvgIpc) is 2.54. The highest BCUT2D eigenvalue weighted by atomic mass is 19.1. The molecule has 0 aliphatic rings. The summed E-state index contributed by atoms with van der Waals surface area (Å²) in [6, 6.07) is 14.4. The highest BCUT2D eigenvalue weighted by molar-refractivity contribution is 5.92. The number of ether oxygens (including phenoxy) is 1. The van der Waals surface area contributed by atoms with E-state index in [0.29, 0.717) is 6.54 Å². The molecule has 0 heterocycles. The first-order valence-corrected chi connectivity index (χ1v) is 6.84. The number of esters is 1. The quantitative estimate of drug-likeness (QED) is 0.864. The summed E-state index contributed by atoms with van der Waals surface area (Å²) in [5.74, 6) is -1.49. The molecule has 0 aliphatic carbocycles. The van der Waals surface area contributed by atoms with E-state index in [1.807, 2.05) is 30.3 Å². The van der Waals surface area contributed by atoms with Gasteiger partial charge in [0.2, 0.25) is 0 Å². The van der Waals surface area contributed by atoms with Gasteiger partial charge in [-0.15, -0.1) is 0 Å². The van der Waals surface area contributed by atoms with Crippen molar-refractivity contribution >= 4 is 11.9 Å². The highest BCUT2D eigenvalue weighted by Gasteiger charge is 2.18. The minimum Gasteiger partial charge on any atom is -0.449 e. The second-order valence-corrected chi connectivity index (χ2v) is 4.76. The van der Waals surface area contributed by atoms with E-state index in [0.717, 1.165) is 17.7 Å². The van der Waals surface area contributed by atoms with Crippen molar-refractivity contribution in [2.45, 2.75) is 19.6 Å². The fourth-order valence-corrected chi connectivity index (χ4v) is 1.80. The van der Waals surface area contributed by atoms with Crippen molar-refractivity contribution in [1.29, 1.82) is 0 Å². The molecule has 0 bridgehead atoms. The molecule has 1 N–H and O–H groups in total. The lowest BCUT2D eigenvalue weighted by atomic mass is 10.2. The fourth-order valence-electron chi connectivity index (χ4n) is 1.80. The van der Waals surface area contributed by atoms with Gasteiger partial charge >= 0.3 is 5.97 Å². The summed E-state index contributed by atoms with van der Waals surface area (Å²) in [6.45, 7) is 1.85. The van der Waals surface area contributed by atoms with Crippen molar-refractivity contribution in [2.24, 2.45) is 0 Å². The molecular weight excluding hydrogens is 285 g/mol. The normalized spacial score (nSPS) is 11.5. The maximum absolute atomic E-state index is 12.8. The zero-order chi connectivity index (χ0) is 15.9. The van der Waals surface area contributed by atoms with Crippen LogP contribution in [0.25, 0.3) is 0 Å². The molecule has 0 saturated carbocycles. The van der Waals surface area contributed by atoms with E-state index in [9.17, 15) is 14.0 Å². The van der Waals surface area contributed by atoms with Gasteiger partial charge in [0.05, 0.1) is 5.56 Å². The molecule has 1 amide bonds. The molecule has 5 heteroatoms. The molecule has 0 saturated heterocycles. The van der Waals surface area contributed by atoms with Crippen molar-refractivity contribution in [3.8, 4) is 0 Å². The molecular formula is C17H16FNO3. The van der Waals surface area contributed by atoms with Crippen LogP contribution in [0.3, 0.4) is 0 Å². The molecule has 114 valence electrons. The van der Waals surface area contributed by atoms with Gasteiger partial charge in [-0.25, -0.2) is 9.18 Å². The molecule has 0 aliphatic heterocycles. The number of carbonyl (C=O) groups excluding carboxylic acids is 2. The van der Waals surface area contributed by atoms with Crippen LogP contribution in [-0.2, 0) is 16.1 Å². The first-order valence-electron chi connectivity index (χ1n) is 6.84. The first kappa shape index (κ1) is 15.7. The molecule has 2 rings (SSSR count). The maximum atomic E-state index is 12.8. The van der Waals surface area contributed by atoms with Gasteiger partial charge in [-0.3, -0.25) is 4.79 Å². The Labute approximate surface area is 127 Å². The molecule has 0 spiro atoms. The number of rotatable bonds is 5. The summed E-state index contributed by atoms with van der Waals surface area (Å²) >= 11 is 0. The van der Waals surface area contributed by atoms with Crippen LogP contribution in [0.5, 0.6) is 0 Å². The third-order valence-electron chi connectivity index (χ3n) is 3.04. The SMILES string of the molecule is CC(OC(=O)c1ccc(F)cc1)C(=O)NCc1ccccc1. The van der Waals surface area contributed by atoms with Gasteiger partial charge in [-0.05, 0) is 36.8 Å². The summed E-state index contributed by atoms with van der Waals surface area (Å²) in [6.07, 6.45) is -0.929. The molecule has 1 unspecified atom stereocenters. The van der Waals surface area contributed by atoms with E-state index in [2.05, 4.69) is 5.32 Å². The Morgan fingerprint density at radius 2 is 1.73 bits per heavy atom. The maximum Gasteiger partial charge on any atom is 0.338 e. The zero-order valence-corrected chi connectivity index (χ0v) is 12.1. The zero-order valence-electron chi connectivity index (χ0n) is 12.1. The average molecular weight is 301 g/mol. The van der Waals surface area contributed by atoms with Crippen LogP contribution >= 0.6 is 0 Å².